The molecule has 5 rings (SSSR count). The fourth-order valence-corrected chi connectivity index (χ4v) is 5.04. The Balaban J connectivity index is 1.24. The van der Waals surface area contributed by atoms with Crippen molar-refractivity contribution in [1.29, 1.82) is 0 Å². The zero-order chi connectivity index (χ0) is 26.1. The minimum Gasteiger partial charge on any atom is -0.459 e. The van der Waals surface area contributed by atoms with Gasteiger partial charge in [-0.3, -0.25) is 14.5 Å². The van der Waals surface area contributed by atoms with Crippen LogP contribution in [0.4, 0.5) is 11.5 Å². The Morgan fingerprint density at radius 1 is 1.24 bits per heavy atom. The van der Waals surface area contributed by atoms with Crippen LogP contribution in [0.15, 0.2) is 47.0 Å². The Morgan fingerprint density at radius 3 is 2.76 bits per heavy atom. The van der Waals surface area contributed by atoms with Crippen molar-refractivity contribution in [3.63, 3.8) is 0 Å². The molecule has 9 nitrogen and oxygen atoms in total. The van der Waals surface area contributed by atoms with Crippen LogP contribution in [0, 0.1) is 6.92 Å². The van der Waals surface area contributed by atoms with E-state index in [4.69, 9.17) is 9.15 Å². The Hall–Kier alpha value is -3.69. The van der Waals surface area contributed by atoms with Gasteiger partial charge >= 0.3 is 0 Å². The number of morpholine rings is 1. The highest BCUT2D eigenvalue weighted by Crippen LogP contribution is 2.27. The standard InChI is InChI=1S/C28H33N5O4/c1-17-14-33(15-18(2)36-17)23-13-29-22-11-20(12-30-27(22)31-28(23)35)9-10-26(34)32(4)16-25-19(3)21-7-5-6-8-24(21)37-25/h5-12,17-18,23,29H,13-16H2,1-4H3,(H,30,31,35)/b10-9+/t17-,18?,23?/m1/s1. The van der Waals surface area contributed by atoms with Crippen molar-refractivity contribution in [1.82, 2.24) is 14.8 Å². The Bertz CT molecular complexity index is 1340. The van der Waals surface area contributed by atoms with Gasteiger partial charge in [-0.15, -0.1) is 0 Å². The lowest BCUT2D eigenvalue weighted by Gasteiger charge is -2.38. The van der Waals surface area contributed by atoms with Crippen LogP contribution in [0.2, 0.25) is 0 Å². The van der Waals surface area contributed by atoms with Gasteiger partial charge < -0.3 is 24.7 Å². The quantitative estimate of drug-likeness (QED) is 0.513. The smallest absolute Gasteiger partial charge is 0.246 e. The number of hydrogen-bond donors (Lipinski definition) is 2. The summed E-state index contributed by atoms with van der Waals surface area (Å²) in [6.07, 6.45) is 5.05. The molecule has 37 heavy (non-hydrogen) atoms. The first-order chi connectivity index (χ1) is 17.8. The van der Waals surface area contributed by atoms with Crippen LogP contribution < -0.4 is 10.6 Å². The maximum absolute atomic E-state index is 13.0. The molecule has 4 heterocycles. The lowest BCUT2D eigenvalue weighted by molar-refractivity contribution is -0.127. The number of fused-ring (bicyclic) bond motifs is 2. The minimum absolute atomic E-state index is 0.0727. The lowest BCUT2D eigenvalue weighted by Crippen LogP contribution is -2.55. The number of para-hydroxylation sites is 1. The molecule has 0 bridgehead atoms. The molecule has 2 N–H and O–H groups in total. The molecule has 3 aromatic rings. The van der Waals surface area contributed by atoms with Crippen LogP contribution in [-0.4, -0.2) is 71.5 Å². The number of amides is 2. The summed E-state index contributed by atoms with van der Waals surface area (Å²) in [5.74, 6) is 1.03. The highest BCUT2D eigenvalue weighted by molar-refractivity contribution is 5.99. The maximum Gasteiger partial charge on any atom is 0.246 e. The molecular weight excluding hydrogens is 470 g/mol. The van der Waals surface area contributed by atoms with E-state index in [-0.39, 0.29) is 30.1 Å². The number of nitrogens with zero attached hydrogens (tertiary/aromatic N) is 3. The van der Waals surface area contributed by atoms with E-state index in [1.807, 2.05) is 51.1 Å². The number of benzene rings is 1. The second-order valence-electron chi connectivity index (χ2n) is 9.94. The molecule has 1 aromatic carbocycles. The summed E-state index contributed by atoms with van der Waals surface area (Å²) in [5.41, 5.74) is 3.35. The Kier molecular flexibility index (Phi) is 6.99. The van der Waals surface area contributed by atoms with Crippen molar-refractivity contribution in [2.75, 3.05) is 37.3 Å². The van der Waals surface area contributed by atoms with Gasteiger partial charge in [0, 0.05) is 49.9 Å². The number of carbonyl (C=O) groups excluding carboxylic acids is 2. The van der Waals surface area contributed by atoms with Gasteiger partial charge in [0.1, 0.15) is 17.4 Å². The van der Waals surface area contributed by atoms with Crippen LogP contribution in [0.5, 0.6) is 0 Å². The SMILES string of the molecule is Cc1c(CN(C)C(=O)/C=C/c2cnc3c(c2)NCC(N2CC(C)O[C@H](C)C2)C(=O)N3)oc2ccccc12. The maximum atomic E-state index is 13.0. The molecule has 9 heteroatoms. The first-order valence-corrected chi connectivity index (χ1v) is 12.6. The van der Waals surface area contributed by atoms with Crippen molar-refractivity contribution >= 4 is 40.4 Å². The molecule has 2 aromatic heterocycles. The molecule has 0 spiro atoms. The molecule has 2 aliphatic rings. The van der Waals surface area contributed by atoms with Crippen LogP contribution in [-0.2, 0) is 20.9 Å². The minimum atomic E-state index is -0.320. The molecule has 2 aliphatic heterocycles. The normalized spacial score (nSPS) is 22.4. The molecule has 2 amide bonds. The van der Waals surface area contributed by atoms with Crippen molar-refractivity contribution in [2.24, 2.45) is 0 Å². The molecule has 2 unspecified atom stereocenters. The number of carbonyl (C=O) groups is 2. The molecule has 1 fully saturated rings. The number of furan rings is 1. The lowest BCUT2D eigenvalue weighted by atomic mass is 10.1. The van der Waals surface area contributed by atoms with E-state index in [1.165, 1.54) is 6.08 Å². The zero-order valence-corrected chi connectivity index (χ0v) is 21.7. The number of anilines is 2. The number of hydrogen-bond acceptors (Lipinski definition) is 7. The van der Waals surface area contributed by atoms with Gasteiger partial charge in [-0.05, 0) is 44.5 Å². The molecule has 1 saturated heterocycles. The molecule has 3 atom stereocenters. The molecule has 0 aliphatic carbocycles. The third kappa shape index (κ3) is 5.38. The number of likely N-dealkylation sites (N-methyl/N-ethyl adjacent to an activating group) is 1. The summed E-state index contributed by atoms with van der Waals surface area (Å²) >= 11 is 0. The van der Waals surface area contributed by atoms with E-state index in [0.717, 1.165) is 33.5 Å². The fourth-order valence-electron chi connectivity index (χ4n) is 5.04. The first-order valence-electron chi connectivity index (χ1n) is 12.6. The van der Waals surface area contributed by atoms with Gasteiger partial charge in [0.2, 0.25) is 11.8 Å². The van der Waals surface area contributed by atoms with Gasteiger partial charge in [-0.2, -0.15) is 0 Å². The number of pyridine rings is 1. The van der Waals surface area contributed by atoms with Crippen LogP contribution in [0.25, 0.3) is 17.0 Å². The summed E-state index contributed by atoms with van der Waals surface area (Å²) in [5, 5.41) is 7.37. The average molecular weight is 504 g/mol. The van der Waals surface area contributed by atoms with Gasteiger partial charge in [0.15, 0.2) is 5.82 Å². The van der Waals surface area contributed by atoms with E-state index in [0.29, 0.717) is 32.0 Å². The first kappa shape index (κ1) is 25.0. The fraction of sp³-hybridized carbons (Fsp3) is 0.393. The number of aryl methyl sites for hydroxylation is 1. The molecule has 194 valence electrons. The van der Waals surface area contributed by atoms with Crippen molar-refractivity contribution in [3.05, 3.63) is 59.5 Å². The Labute approximate surface area is 216 Å². The van der Waals surface area contributed by atoms with E-state index < -0.39 is 0 Å². The summed E-state index contributed by atoms with van der Waals surface area (Å²) in [7, 11) is 1.75. The highest BCUT2D eigenvalue weighted by atomic mass is 16.5. The molecule has 0 saturated carbocycles. The van der Waals surface area contributed by atoms with E-state index >= 15 is 0 Å². The predicted octanol–water partition coefficient (Wildman–Crippen LogP) is 3.65. The second-order valence-corrected chi connectivity index (χ2v) is 9.94. The number of rotatable bonds is 5. The predicted molar refractivity (Wildman–Crippen MR) is 143 cm³/mol. The molecular formula is C28H33N5O4. The summed E-state index contributed by atoms with van der Waals surface area (Å²) < 4.78 is 11.8. The van der Waals surface area contributed by atoms with E-state index in [2.05, 4.69) is 20.5 Å². The summed E-state index contributed by atoms with van der Waals surface area (Å²) in [6.45, 7) is 8.29. The topological polar surface area (TPSA) is 99.9 Å². The average Bonchev–Trinajstić information content (AvgIpc) is 3.07. The van der Waals surface area contributed by atoms with Gasteiger partial charge in [0.25, 0.3) is 0 Å². The zero-order valence-electron chi connectivity index (χ0n) is 21.7. The summed E-state index contributed by atoms with van der Waals surface area (Å²) in [4.78, 5) is 34.0. The van der Waals surface area contributed by atoms with E-state index in [1.54, 1.807) is 24.2 Å². The van der Waals surface area contributed by atoms with Crippen LogP contribution in [0.1, 0.15) is 30.7 Å². The monoisotopic (exact) mass is 503 g/mol. The number of nitrogens with one attached hydrogen (secondary N) is 2. The summed E-state index contributed by atoms with van der Waals surface area (Å²) in [6, 6.07) is 9.43. The van der Waals surface area contributed by atoms with E-state index in [9.17, 15) is 9.59 Å². The van der Waals surface area contributed by atoms with Crippen molar-refractivity contribution in [3.8, 4) is 0 Å². The third-order valence-electron chi connectivity index (χ3n) is 6.95. The second kappa shape index (κ2) is 10.4. The number of aromatic nitrogens is 1. The number of ether oxygens (including phenoxy) is 1. The Morgan fingerprint density at radius 2 is 2.00 bits per heavy atom. The van der Waals surface area contributed by atoms with Crippen molar-refractivity contribution in [2.45, 2.75) is 45.6 Å². The van der Waals surface area contributed by atoms with Gasteiger partial charge in [-0.1, -0.05) is 18.2 Å². The van der Waals surface area contributed by atoms with Crippen molar-refractivity contribution < 1.29 is 18.7 Å². The third-order valence-corrected chi connectivity index (χ3v) is 6.95. The largest absolute Gasteiger partial charge is 0.459 e. The highest BCUT2D eigenvalue weighted by Gasteiger charge is 2.34. The van der Waals surface area contributed by atoms with Crippen LogP contribution >= 0.6 is 0 Å². The van der Waals surface area contributed by atoms with Gasteiger partial charge in [0.05, 0.1) is 24.4 Å². The van der Waals surface area contributed by atoms with Gasteiger partial charge in [-0.25, -0.2) is 4.98 Å². The van der Waals surface area contributed by atoms with Crippen LogP contribution in [0.3, 0.4) is 0 Å². The molecule has 0 radical (unpaired) electrons.